The van der Waals surface area contributed by atoms with Crippen LogP contribution < -0.4 is 14.5 Å². The predicted octanol–water partition coefficient (Wildman–Crippen LogP) is 6.01. The molecule has 194 valence electrons. The number of para-hydroxylation sites is 1. The Morgan fingerprint density at radius 1 is 0.921 bits per heavy atom. The molecule has 0 aromatic heterocycles. The van der Waals surface area contributed by atoms with Crippen LogP contribution in [0.15, 0.2) is 118 Å². The molecule has 0 spiro atoms. The van der Waals surface area contributed by atoms with Gasteiger partial charge in [0.25, 0.3) is 15.9 Å². The van der Waals surface area contributed by atoms with Crippen molar-refractivity contribution in [2.75, 3.05) is 11.4 Å². The Labute approximate surface area is 231 Å². The van der Waals surface area contributed by atoms with Crippen molar-refractivity contribution >= 4 is 43.3 Å². The Morgan fingerprint density at radius 2 is 1.61 bits per heavy atom. The van der Waals surface area contributed by atoms with Gasteiger partial charge in [0.1, 0.15) is 5.75 Å². The highest BCUT2D eigenvalue weighted by atomic mass is 79.9. The Kier molecular flexibility index (Phi) is 8.60. The molecule has 7 nitrogen and oxygen atoms in total. The highest BCUT2D eigenvalue weighted by Gasteiger charge is 2.28. The number of nitrogens with one attached hydrogen (secondary N) is 1. The van der Waals surface area contributed by atoms with Crippen LogP contribution in [-0.2, 0) is 16.6 Å². The molecule has 0 saturated carbocycles. The quantitative estimate of drug-likeness (QED) is 0.191. The molecule has 0 radical (unpaired) electrons. The summed E-state index contributed by atoms with van der Waals surface area (Å²) in [5, 5.41) is 4.25. The summed E-state index contributed by atoms with van der Waals surface area (Å²) < 4.78 is 35.1. The molecule has 0 heterocycles. The molecular formula is C29H26BrN3O4S. The van der Waals surface area contributed by atoms with E-state index in [4.69, 9.17) is 4.74 Å². The summed E-state index contributed by atoms with van der Waals surface area (Å²) >= 11 is 3.43. The summed E-state index contributed by atoms with van der Waals surface area (Å²) in [5.41, 5.74) is 5.19. The first-order valence-electron chi connectivity index (χ1n) is 11.7. The van der Waals surface area contributed by atoms with E-state index < -0.39 is 15.9 Å². The summed E-state index contributed by atoms with van der Waals surface area (Å²) in [6.45, 7) is 1.81. The van der Waals surface area contributed by atoms with E-state index in [1.165, 1.54) is 23.5 Å². The smallest absolute Gasteiger partial charge is 0.273 e. The van der Waals surface area contributed by atoms with Gasteiger partial charge in [0.05, 0.1) is 35.5 Å². The SMILES string of the molecule is COc1ccc(S(=O)(=O)N(Cc2ccccc2)c2ccccc2C(=O)N/N=C(\C)c2cccc(Br)c2)cc1. The third kappa shape index (κ3) is 6.30. The molecule has 0 aliphatic heterocycles. The van der Waals surface area contributed by atoms with Gasteiger partial charge in [0.2, 0.25) is 0 Å². The van der Waals surface area contributed by atoms with E-state index in [-0.39, 0.29) is 22.7 Å². The number of halogens is 1. The Hall–Kier alpha value is -3.95. The molecule has 1 N–H and O–H groups in total. The molecule has 0 aliphatic rings. The minimum absolute atomic E-state index is 0.0276. The Bertz CT molecular complexity index is 1560. The van der Waals surface area contributed by atoms with Crippen LogP contribution in [0.25, 0.3) is 0 Å². The zero-order valence-electron chi connectivity index (χ0n) is 20.8. The number of amides is 1. The van der Waals surface area contributed by atoms with E-state index in [2.05, 4.69) is 26.5 Å². The van der Waals surface area contributed by atoms with Crippen molar-refractivity contribution in [2.45, 2.75) is 18.4 Å². The molecule has 9 heteroatoms. The molecule has 4 aromatic rings. The number of anilines is 1. The minimum Gasteiger partial charge on any atom is -0.497 e. The predicted molar refractivity (Wildman–Crippen MR) is 153 cm³/mol. The molecule has 0 saturated heterocycles. The maximum atomic E-state index is 13.9. The van der Waals surface area contributed by atoms with Crippen molar-refractivity contribution in [3.05, 3.63) is 124 Å². The number of hydrazone groups is 1. The van der Waals surface area contributed by atoms with Crippen molar-refractivity contribution in [3.63, 3.8) is 0 Å². The highest BCUT2D eigenvalue weighted by Crippen LogP contribution is 2.30. The molecule has 4 rings (SSSR count). The molecule has 4 aromatic carbocycles. The average molecular weight is 593 g/mol. The van der Waals surface area contributed by atoms with Crippen LogP contribution in [0.5, 0.6) is 5.75 Å². The zero-order valence-corrected chi connectivity index (χ0v) is 23.2. The van der Waals surface area contributed by atoms with Gasteiger partial charge in [0.15, 0.2) is 0 Å². The number of benzene rings is 4. The van der Waals surface area contributed by atoms with E-state index in [1.54, 1.807) is 43.3 Å². The summed E-state index contributed by atoms with van der Waals surface area (Å²) in [4.78, 5) is 13.4. The number of methoxy groups -OCH3 is 1. The lowest BCUT2D eigenvalue weighted by molar-refractivity contribution is 0.0955. The van der Waals surface area contributed by atoms with Crippen LogP contribution in [-0.4, -0.2) is 27.1 Å². The second-order valence-corrected chi connectivity index (χ2v) is 11.1. The van der Waals surface area contributed by atoms with Crippen molar-refractivity contribution in [2.24, 2.45) is 5.10 Å². The molecule has 0 aliphatic carbocycles. The highest BCUT2D eigenvalue weighted by molar-refractivity contribution is 9.10. The summed E-state index contributed by atoms with van der Waals surface area (Å²) in [6.07, 6.45) is 0. The fourth-order valence-corrected chi connectivity index (χ4v) is 5.65. The zero-order chi connectivity index (χ0) is 27.1. The number of carbonyl (C=O) groups excluding carboxylic acids is 1. The first kappa shape index (κ1) is 27.1. The van der Waals surface area contributed by atoms with E-state index in [0.717, 1.165) is 15.6 Å². The topological polar surface area (TPSA) is 88.1 Å². The van der Waals surface area contributed by atoms with E-state index in [0.29, 0.717) is 11.5 Å². The minimum atomic E-state index is -4.06. The van der Waals surface area contributed by atoms with Gasteiger partial charge < -0.3 is 4.74 Å². The van der Waals surface area contributed by atoms with Gasteiger partial charge in [-0.3, -0.25) is 9.10 Å². The number of rotatable bonds is 9. The number of hydrogen-bond donors (Lipinski definition) is 1. The maximum absolute atomic E-state index is 13.9. The van der Waals surface area contributed by atoms with Gasteiger partial charge in [-0.1, -0.05) is 70.5 Å². The van der Waals surface area contributed by atoms with Crippen molar-refractivity contribution in [1.29, 1.82) is 0 Å². The van der Waals surface area contributed by atoms with Gasteiger partial charge in [-0.15, -0.1) is 0 Å². The van der Waals surface area contributed by atoms with Gasteiger partial charge in [-0.2, -0.15) is 5.10 Å². The number of hydrogen-bond acceptors (Lipinski definition) is 5. The van der Waals surface area contributed by atoms with Crippen molar-refractivity contribution in [3.8, 4) is 5.75 Å². The standard InChI is InChI=1S/C29H26BrN3O4S/c1-21(23-11-8-12-24(30)19-23)31-32-29(34)27-13-6-7-14-28(27)33(20-22-9-4-3-5-10-22)38(35,36)26-17-15-25(37-2)16-18-26/h3-19H,20H2,1-2H3,(H,32,34)/b31-21+. The average Bonchev–Trinajstić information content (AvgIpc) is 2.95. The third-order valence-corrected chi connectivity index (χ3v) is 8.07. The van der Waals surface area contributed by atoms with Crippen LogP contribution in [0.4, 0.5) is 5.69 Å². The van der Waals surface area contributed by atoms with E-state index in [9.17, 15) is 13.2 Å². The normalized spacial score (nSPS) is 11.6. The summed E-state index contributed by atoms with van der Waals surface area (Å²) in [6, 6.07) is 29.5. The molecule has 0 atom stereocenters. The lowest BCUT2D eigenvalue weighted by Gasteiger charge is -2.26. The van der Waals surface area contributed by atoms with Gasteiger partial charge in [-0.25, -0.2) is 13.8 Å². The summed E-state index contributed by atoms with van der Waals surface area (Å²) in [7, 11) is -2.54. The maximum Gasteiger partial charge on any atom is 0.273 e. The lowest BCUT2D eigenvalue weighted by atomic mass is 10.1. The number of sulfonamides is 1. The van der Waals surface area contributed by atoms with Crippen molar-refractivity contribution < 1.29 is 17.9 Å². The van der Waals surface area contributed by atoms with Crippen LogP contribution in [0.1, 0.15) is 28.4 Å². The molecule has 0 fully saturated rings. The van der Waals surface area contributed by atoms with Crippen molar-refractivity contribution in [1.82, 2.24) is 5.43 Å². The van der Waals surface area contributed by atoms with E-state index >= 15 is 0 Å². The van der Waals surface area contributed by atoms with Gasteiger partial charge in [-0.05, 0) is 66.6 Å². The molecular weight excluding hydrogens is 566 g/mol. The second kappa shape index (κ2) is 12.1. The largest absolute Gasteiger partial charge is 0.497 e. The third-order valence-electron chi connectivity index (χ3n) is 5.80. The van der Waals surface area contributed by atoms with Crippen LogP contribution in [0.3, 0.4) is 0 Å². The van der Waals surface area contributed by atoms with Crippen LogP contribution in [0, 0.1) is 0 Å². The number of nitrogens with zero attached hydrogens (tertiary/aromatic N) is 2. The van der Waals surface area contributed by atoms with Crippen LogP contribution in [0.2, 0.25) is 0 Å². The second-order valence-electron chi connectivity index (χ2n) is 8.34. The fraction of sp³-hybridized carbons (Fsp3) is 0.103. The molecule has 0 bridgehead atoms. The van der Waals surface area contributed by atoms with Crippen LogP contribution >= 0.6 is 15.9 Å². The first-order valence-corrected chi connectivity index (χ1v) is 13.9. The Balaban J connectivity index is 1.73. The first-order chi connectivity index (χ1) is 18.3. The number of carbonyl (C=O) groups is 1. The van der Waals surface area contributed by atoms with E-state index in [1.807, 2.05) is 54.6 Å². The molecule has 0 unspecified atom stereocenters. The number of ether oxygens (including phenoxy) is 1. The monoisotopic (exact) mass is 591 g/mol. The lowest BCUT2D eigenvalue weighted by Crippen LogP contribution is -2.33. The molecule has 1 amide bonds. The molecule has 38 heavy (non-hydrogen) atoms. The fourth-order valence-electron chi connectivity index (χ4n) is 3.78. The van der Waals surface area contributed by atoms with Gasteiger partial charge >= 0.3 is 0 Å². The van der Waals surface area contributed by atoms with Gasteiger partial charge in [0, 0.05) is 4.47 Å². The Morgan fingerprint density at radius 3 is 2.29 bits per heavy atom. The summed E-state index contributed by atoms with van der Waals surface area (Å²) in [5.74, 6) is 0.00922.